The van der Waals surface area contributed by atoms with Crippen LogP contribution in [0.4, 0.5) is 0 Å². The lowest BCUT2D eigenvalue weighted by atomic mass is 10.0. The van der Waals surface area contributed by atoms with Gasteiger partial charge in [0.1, 0.15) is 0 Å². The average molecular weight is 184 g/mol. The van der Waals surface area contributed by atoms with Crippen LogP contribution in [0.25, 0.3) is 0 Å². The molecule has 0 spiro atoms. The molecule has 0 aliphatic carbocycles. The van der Waals surface area contributed by atoms with E-state index in [0.717, 1.165) is 5.92 Å². The van der Waals surface area contributed by atoms with Gasteiger partial charge in [-0.1, -0.05) is 26.7 Å². The maximum Gasteiger partial charge on any atom is 0.0110 e. The molecule has 0 saturated carbocycles. The SMILES string of the molecule is CCC(CC)CN1CCN(C)CC1. The summed E-state index contributed by atoms with van der Waals surface area (Å²) >= 11 is 0. The molecule has 0 bridgehead atoms. The summed E-state index contributed by atoms with van der Waals surface area (Å²) < 4.78 is 0. The molecular weight excluding hydrogens is 160 g/mol. The third-order valence-corrected chi connectivity index (χ3v) is 3.27. The second kappa shape index (κ2) is 5.61. The lowest BCUT2D eigenvalue weighted by Gasteiger charge is -2.34. The van der Waals surface area contributed by atoms with E-state index < -0.39 is 0 Å². The maximum absolute atomic E-state index is 2.62. The molecule has 78 valence electrons. The van der Waals surface area contributed by atoms with Crippen molar-refractivity contribution in [2.75, 3.05) is 39.8 Å². The van der Waals surface area contributed by atoms with Gasteiger partial charge in [-0.3, -0.25) is 0 Å². The van der Waals surface area contributed by atoms with Gasteiger partial charge in [-0.25, -0.2) is 0 Å². The summed E-state index contributed by atoms with van der Waals surface area (Å²) in [7, 11) is 2.22. The zero-order valence-corrected chi connectivity index (χ0v) is 9.42. The first-order valence-corrected chi connectivity index (χ1v) is 5.67. The fourth-order valence-electron chi connectivity index (χ4n) is 1.94. The van der Waals surface area contributed by atoms with E-state index in [1.54, 1.807) is 0 Å². The summed E-state index contributed by atoms with van der Waals surface area (Å²) in [6.45, 7) is 11.0. The predicted octanol–water partition coefficient (Wildman–Crippen LogP) is 1.67. The molecule has 2 heteroatoms. The van der Waals surface area contributed by atoms with Crippen LogP contribution in [0.15, 0.2) is 0 Å². The molecule has 0 aromatic heterocycles. The van der Waals surface area contributed by atoms with Gasteiger partial charge in [0, 0.05) is 32.7 Å². The second-order valence-corrected chi connectivity index (χ2v) is 4.29. The van der Waals surface area contributed by atoms with Gasteiger partial charge >= 0.3 is 0 Å². The number of piperazine rings is 1. The molecule has 0 unspecified atom stereocenters. The van der Waals surface area contributed by atoms with Crippen molar-refractivity contribution in [1.29, 1.82) is 0 Å². The third kappa shape index (κ3) is 3.65. The van der Waals surface area contributed by atoms with E-state index in [1.807, 2.05) is 0 Å². The van der Waals surface area contributed by atoms with Crippen LogP contribution in [-0.4, -0.2) is 49.6 Å². The molecular formula is C11H24N2. The molecule has 0 amide bonds. The van der Waals surface area contributed by atoms with Crippen molar-refractivity contribution in [1.82, 2.24) is 9.80 Å². The molecule has 1 aliphatic heterocycles. The van der Waals surface area contributed by atoms with E-state index in [0.29, 0.717) is 0 Å². The van der Waals surface area contributed by atoms with Gasteiger partial charge in [0.2, 0.25) is 0 Å². The molecule has 13 heavy (non-hydrogen) atoms. The van der Waals surface area contributed by atoms with Crippen LogP contribution in [0.3, 0.4) is 0 Å². The largest absolute Gasteiger partial charge is 0.304 e. The van der Waals surface area contributed by atoms with Crippen LogP contribution < -0.4 is 0 Å². The molecule has 1 heterocycles. The van der Waals surface area contributed by atoms with E-state index in [-0.39, 0.29) is 0 Å². The highest BCUT2D eigenvalue weighted by Gasteiger charge is 2.16. The predicted molar refractivity (Wildman–Crippen MR) is 58.0 cm³/mol. The molecule has 1 rings (SSSR count). The molecule has 0 N–H and O–H groups in total. The molecule has 1 aliphatic rings. The Kier molecular flexibility index (Phi) is 4.74. The van der Waals surface area contributed by atoms with Crippen molar-refractivity contribution in [3.05, 3.63) is 0 Å². The molecule has 0 aromatic carbocycles. The Morgan fingerprint density at radius 3 is 2.00 bits per heavy atom. The molecule has 0 radical (unpaired) electrons. The monoisotopic (exact) mass is 184 g/mol. The molecule has 1 fully saturated rings. The van der Waals surface area contributed by atoms with E-state index in [1.165, 1.54) is 45.6 Å². The van der Waals surface area contributed by atoms with Crippen molar-refractivity contribution in [2.24, 2.45) is 5.92 Å². The topological polar surface area (TPSA) is 6.48 Å². The minimum absolute atomic E-state index is 0.920. The highest BCUT2D eigenvalue weighted by molar-refractivity contribution is 4.71. The first kappa shape index (κ1) is 11.0. The van der Waals surface area contributed by atoms with E-state index in [9.17, 15) is 0 Å². The van der Waals surface area contributed by atoms with Gasteiger partial charge in [-0.05, 0) is 13.0 Å². The van der Waals surface area contributed by atoms with Gasteiger partial charge in [-0.15, -0.1) is 0 Å². The summed E-state index contributed by atoms with van der Waals surface area (Å²) in [5.41, 5.74) is 0. The van der Waals surface area contributed by atoms with Crippen LogP contribution in [0, 0.1) is 5.92 Å². The van der Waals surface area contributed by atoms with Crippen LogP contribution in [-0.2, 0) is 0 Å². The van der Waals surface area contributed by atoms with Crippen molar-refractivity contribution in [3.63, 3.8) is 0 Å². The summed E-state index contributed by atoms with van der Waals surface area (Å²) in [5, 5.41) is 0. The standard InChI is InChI=1S/C11H24N2/c1-4-11(5-2)10-13-8-6-12(3)7-9-13/h11H,4-10H2,1-3H3. The van der Waals surface area contributed by atoms with E-state index >= 15 is 0 Å². The number of nitrogens with zero attached hydrogens (tertiary/aromatic N) is 2. The van der Waals surface area contributed by atoms with Crippen molar-refractivity contribution >= 4 is 0 Å². The zero-order valence-electron chi connectivity index (χ0n) is 9.42. The number of hydrogen-bond acceptors (Lipinski definition) is 2. The van der Waals surface area contributed by atoms with Crippen molar-refractivity contribution < 1.29 is 0 Å². The second-order valence-electron chi connectivity index (χ2n) is 4.29. The Morgan fingerprint density at radius 1 is 1.00 bits per heavy atom. The Bertz CT molecular complexity index is 124. The van der Waals surface area contributed by atoms with Gasteiger partial charge < -0.3 is 9.80 Å². The van der Waals surface area contributed by atoms with E-state index in [2.05, 4.69) is 30.7 Å². The maximum atomic E-state index is 2.62. The summed E-state index contributed by atoms with van der Waals surface area (Å²) in [6, 6.07) is 0. The quantitative estimate of drug-likeness (QED) is 0.656. The van der Waals surface area contributed by atoms with Gasteiger partial charge in [0.25, 0.3) is 0 Å². The van der Waals surface area contributed by atoms with Gasteiger partial charge in [-0.2, -0.15) is 0 Å². The Morgan fingerprint density at radius 2 is 1.54 bits per heavy atom. The average Bonchev–Trinajstić information content (AvgIpc) is 2.17. The zero-order chi connectivity index (χ0) is 9.68. The lowest BCUT2D eigenvalue weighted by Crippen LogP contribution is -2.45. The third-order valence-electron chi connectivity index (χ3n) is 3.27. The van der Waals surface area contributed by atoms with Crippen molar-refractivity contribution in [3.8, 4) is 0 Å². The highest BCUT2D eigenvalue weighted by Crippen LogP contribution is 2.11. The minimum Gasteiger partial charge on any atom is -0.304 e. The first-order chi connectivity index (χ1) is 6.26. The van der Waals surface area contributed by atoms with Gasteiger partial charge in [0.15, 0.2) is 0 Å². The van der Waals surface area contributed by atoms with E-state index in [4.69, 9.17) is 0 Å². The van der Waals surface area contributed by atoms with Crippen LogP contribution in [0.5, 0.6) is 0 Å². The number of hydrogen-bond donors (Lipinski definition) is 0. The summed E-state index contributed by atoms with van der Waals surface area (Å²) in [4.78, 5) is 5.04. The molecule has 2 nitrogen and oxygen atoms in total. The lowest BCUT2D eigenvalue weighted by molar-refractivity contribution is 0.133. The van der Waals surface area contributed by atoms with Gasteiger partial charge in [0.05, 0.1) is 0 Å². The fraction of sp³-hybridized carbons (Fsp3) is 1.00. The molecule has 0 atom stereocenters. The highest BCUT2D eigenvalue weighted by atomic mass is 15.2. The normalized spacial score (nSPS) is 21.2. The summed E-state index contributed by atoms with van der Waals surface area (Å²) in [6.07, 6.45) is 2.67. The Balaban J connectivity index is 2.21. The smallest absolute Gasteiger partial charge is 0.0110 e. The van der Waals surface area contributed by atoms with Crippen LogP contribution in [0.2, 0.25) is 0 Å². The number of rotatable bonds is 4. The van der Waals surface area contributed by atoms with Crippen LogP contribution in [0.1, 0.15) is 26.7 Å². The van der Waals surface area contributed by atoms with Crippen molar-refractivity contribution in [2.45, 2.75) is 26.7 Å². The molecule has 1 saturated heterocycles. The summed E-state index contributed by atoms with van der Waals surface area (Å²) in [5.74, 6) is 0.920. The first-order valence-electron chi connectivity index (χ1n) is 5.67. The minimum atomic E-state index is 0.920. The Hall–Kier alpha value is -0.0800. The Labute approximate surface area is 82.9 Å². The number of likely N-dealkylation sites (N-methyl/N-ethyl adjacent to an activating group) is 1. The molecule has 0 aromatic rings. The fourth-order valence-corrected chi connectivity index (χ4v) is 1.94. The van der Waals surface area contributed by atoms with Crippen LogP contribution >= 0.6 is 0 Å².